The van der Waals surface area contributed by atoms with Gasteiger partial charge in [-0.1, -0.05) is 13.8 Å². The smallest absolute Gasteiger partial charge is 0.155 e. The van der Waals surface area contributed by atoms with Gasteiger partial charge in [0.15, 0.2) is 5.82 Å². The van der Waals surface area contributed by atoms with E-state index in [0.717, 1.165) is 24.5 Å². The fourth-order valence-corrected chi connectivity index (χ4v) is 2.41. The fraction of sp³-hybridized carbons (Fsp3) is 0.692. The summed E-state index contributed by atoms with van der Waals surface area (Å²) < 4.78 is 0. The Bertz CT molecular complexity index is 375. The zero-order valence-corrected chi connectivity index (χ0v) is 10.8. The average Bonchev–Trinajstić information content (AvgIpc) is 2.50. The Morgan fingerprint density at radius 2 is 2.18 bits per heavy atom. The third kappa shape index (κ3) is 2.94. The standard InChI is InChI=1S/C13H22N4/c1-13(2)5-3-8-17(9-6-13)12-11(10-14)4-7-15-16-12/h4,7H,3,5-6,8-10,14H2,1-2H3. The first-order chi connectivity index (χ1) is 8.12. The van der Waals surface area contributed by atoms with Crippen molar-refractivity contribution >= 4 is 5.82 Å². The number of hydrogen-bond donors (Lipinski definition) is 1. The first-order valence-electron chi connectivity index (χ1n) is 6.38. The molecule has 0 bridgehead atoms. The maximum atomic E-state index is 5.76. The van der Waals surface area contributed by atoms with E-state index < -0.39 is 0 Å². The van der Waals surface area contributed by atoms with Gasteiger partial charge in [0.05, 0.1) is 6.20 Å². The van der Waals surface area contributed by atoms with E-state index in [2.05, 4.69) is 28.9 Å². The normalized spacial score (nSPS) is 20.1. The molecule has 94 valence electrons. The van der Waals surface area contributed by atoms with Gasteiger partial charge in [-0.25, -0.2) is 0 Å². The number of aromatic nitrogens is 2. The Kier molecular flexibility index (Phi) is 3.62. The molecule has 1 aromatic heterocycles. The monoisotopic (exact) mass is 234 g/mol. The number of nitrogens with two attached hydrogens (primary N) is 1. The van der Waals surface area contributed by atoms with E-state index in [9.17, 15) is 0 Å². The highest BCUT2D eigenvalue weighted by atomic mass is 15.3. The maximum absolute atomic E-state index is 5.76. The minimum absolute atomic E-state index is 0.444. The summed E-state index contributed by atoms with van der Waals surface area (Å²) in [5, 5.41) is 8.25. The summed E-state index contributed by atoms with van der Waals surface area (Å²) in [6.07, 6.45) is 5.41. The lowest BCUT2D eigenvalue weighted by atomic mass is 9.85. The van der Waals surface area contributed by atoms with Crippen LogP contribution in [0.1, 0.15) is 38.7 Å². The molecule has 0 atom stereocenters. The lowest BCUT2D eigenvalue weighted by Gasteiger charge is -2.24. The molecule has 1 saturated heterocycles. The van der Waals surface area contributed by atoms with E-state index in [4.69, 9.17) is 5.73 Å². The maximum Gasteiger partial charge on any atom is 0.155 e. The van der Waals surface area contributed by atoms with E-state index in [0.29, 0.717) is 12.0 Å². The summed E-state index contributed by atoms with van der Waals surface area (Å²) in [5.74, 6) is 0.979. The molecule has 2 rings (SSSR count). The van der Waals surface area contributed by atoms with Crippen LogP contribution in [0.5, 0.6) is 0 Å². The quantitative estimate of drug-likeness (QED) is 0.849. The highest BCUT2D eigenvalue weighted by Gasteiger charge is 2.24. The van der Waals surface area contributed by atoms with Crippen molar-refractivity contribution in [2.24, 2.45) is 11.1 Å². The van der Waals surface area contributed by atoms with Crippen molar-refractivity contribution in [3.63, 3.8) is 0 Å². The molecule has 1 aromatic rings. The molecule has 4 nitrogen and oxygen atoms in total. The second-order valence-corrected chi connectivity index (χ2v) is 5.59. The molecule has 0 amide bonds. The van der Waals surface area contributed by atoms with Crippen molar-refractivity contribution in [2.75, 3.05) is 18.0 Å². The van der Waals surface area contributed by atoms with Crippen molar-refractivity contribution in [1.82, 2.24) is 10.2 Å². The molecule has 4 heteroatoms. The predicted molar refractivity (Wildman–Crippen MR) is 69.8 cm³/mol. The van der Waals surface area contributed by atoms with Gasteiger partial charge in [-0.15, -0.1) is 5.10 Å². The van der Waals surface area contributed by atoms with Crippen molar-refractivity contribution in [3.8, 4) is 0 Å². The van der Waals surface area contributed by atoms with Gasteiger partial charge < -0.3 is 10.6 Å². The number of hydrogen-bond acceptors (Lipinski definition) is 4. The highest BCUT2D eigenvalue weighted by molar-refractivity contribution is 5.45. The summed E-state index contributed by atoms with van der Waals surface area (Å²) in [7, 11) is 0. The zero-order valence-electron chi connectivity index (χ0n) is 10.8. The number of anilines is 1. The van der Waals surface area contributed by atoms with Crippen LogP contribution in [0.2, 0.25) is 0 Å². The Morgan fingerprint density at radius 3 is 2.94 bits per heavy atom. The number of rotatable bonds is 2. The molecule has 2 heterocycles. The largest absolute Gasteiger partial charge is 0.355 e. The van der Waals surface area contributed by atoms with Gasteiger partial charge in [-0.2, -0.15) is 5.10 Å². The van der Waals surface area contributed by atoms with Crippen LogP contribution in [0.4, 0.5) is 5.82 Å². The van der Waals surface area contributed by atoms with Crippen LogP contribution in [0.3, 0.4) is 0 Å². The van der Waals surface area contributed by atoms with E-state index in [-0.39, 0.29) is 0 Å². The summed E-state index contributed by atoms with van der Waals surface area (Å²) in [6.45, 7) is 7.34. The van der Waals surface area contributed by atoms with Gasteiger partial charge in [0.25, 0.3) is 0 Å². The second kappa shape index (κ2) is 5.00. The molecule has 1 aliphatic rings. The van der Waals surface area contributed by atoms with Crippen molar-refractivity contribution in [2.45, 2.75) is 39.7 Å². The van der Waals surface area contributed by atoms with Crippen LogP contribution < -0.4 is 10.6 Å². The number of nitrogens with zero attached hydrogens (tertiary/aromatic N) is 3. The summed E-state index contributed by atoms with van der Waals surface area (Å²) >= 11 is 0. The van der Waals surface area contributed by atoms with Crippen molar-refractivity contribution in [1.29, 1.82) is 0 Å². The molecule has 0 radical (unpaired) electrons. The molecule has 2 N–H and O–H groups in total. The molecular formula is C13H22N4. The molecular weight excluding hydrogens is 212 g/mol. The first kappa shape index (κ1) is 12.3. The second-order valence-electron chi connectivity index (χ2n) is 5.59. The Hall–Kier alpha value is -1.16. The third-order valence-corrected chi connectivity index (χ3v) is 3.64. The minimum Gasteiger partial charge on any atom is -0.355 e. The Balaban J connectivity index is 2.17. The van der Waals surface area contributed by atoms with Gasteiger partial charge in [0, 0.05) is 25.2 Å². The lowest BCUT2D eigenvalue weighted by Crippen LogP contribution is -2.27. The molecule has 17 heavy (non-hydrogen) atoms. The van der Waals surface area contributed by atoms with Crippen LogP contribution in [0, 0.1) is 5.41 Å². The van der Waals surface area contributed by atoms with E-state index in [1.54, 1.807) is 6.20 Å². The van der Waals surface area contributed by atoms with Crippen LogP contribution in [0.15, 0.2) is 12.3 Å². The minimum atomic E-state index is 0.444. The lowest BCUT2D eigenvalue weighted by molar-refractivity contribution is 0.325. The summed E-state index contributed by atoms with van der Waals surface area (Å²) in [5.41, 5.74) is 7.30. The van der Waals surface area contributed by atoms with Gasteiger partial charge in [-0.05, 0) is 30.7 Å². The topological polar surface area (TPSA) is 55.0 Å². The Morgan fingerprint density at radius 1 is 1.35 bits per heavy atom. The predicted octanol–water partition coefficient (Wildman–Crippen LogP) is 1.95. The van der Waals surface area contributed by atoms with Crippen LogP contribution in [-0.2, 0) is 6.54 Å². The molecule has 0 spiro atoms. The van der Waals surface area contributed by atoms with Crippen LogP contribution in [-0.4, -0.2) is 23.3 Å². The van der Waals surface area contributed by atoms with Gasteiger partial charge in [0.2, 0.25) is 0 Å². The van der Waals surface area contributed by atoms with Gasteiger partial charge >= 0.3 is 0 Å². The molecule has 0 unspecified atom stereocenters. The van der Waals surface area contributed by atoms with Crippen molar-refractivity contribution in [3.05, 3.63) is 17.8 Å². The van der Waals surface area contributed by atoms with Crippen LogP contribution >= 0.6 is 0 Å². The van der Waals surface area contributed by atoms with E-state index >= 15 is 0 Å². The van der Waals surface area contributed by atoms with Gasteiger partial charge in [0.1, 0.15) is 0 Å². The summed E-state index contributed by atoms with van der Waals surface area (Å²) in [4.78, 5) is 2.34. The molecule has 0 aliphatic carbocycles. The third-order valence-electron chi connectivity index (χ3n) is 3.64. The molecule has 0 aromatic carbocycles. The van der Waals surface area contributed by atoms with Crippen molar-refractivity contribution < 1.29 is 0 Å². The summed E-state index contributed by atoms with van der Waals surface area (Å²) in [6, 6.07) is 1.97. The fourth-order valence-electron chi connectivity index (χ4n) is 2.41. The first-order valence-corrected chi connectivity index (χ1v) is 6.38. The van der Waals surface area contributed by atoms with Gasteiger partial charge in [-0.3, -0.25) is 0 Å². The van der Waals surface area contributed by atoms with E-state index in [1.807, 2.05) is 6.07 Å². The molecule has 1 aliphatic heterocycles. The Labute approximate surface area is 103 Å². The van der Waals surface area contributed by atoms with E-state index in [1.165, 1.54) is 19.3 Å². The molecule has 1 fully saturated rings. The SMILES string of the molecule is CC1(C)CCCN(c2nnccc2CN)CC1. The average molecular weight is 234 g/mol. The van der Waals surface area contributed by atoms with Crippen LogP contribution in [0.25, 0.3) is 0 Å². The zero-order chi connectivity index (χ0) is 12.3. The highest BCUT2D eigenvalue weighted by Crippen LogP contribution is 2.31. The molecule has 0 saturated carbocycles.